The largest absolute Gasteiger partial charge is 0.477 e. The van der Waals surface area contributed by atoms with Gasteiger partial charge in [-0.15, -0.1) is 0 Å². The first-order valence-electron chi connectivity index (χ1n) is 26.0. The number of ether oxygens (including phenoxy) is 3. The summed E-state index contributed by atoms with van der Waals surface area (Å²) in [7, 11) is 5.52. The van der Waals surface area contributed by atoms with Crippen molar-refractivity contribution in [2.45, 2.75) is 225 Å². The average molecular weight is 897 g/mol. The van der Waals surface area contributed by atoms with Crippen LogP contribution in [0, 0.1) is 0 Å². The highest BCUT2D eigenvalue weighted by molar-refractivity contribution is 5.72. The van der Waals surface area contributed by atoms with Gasteiger partial charge >= 0.3 is 17.9 Å². The summed E-state index contributed by atoms with van der Waals surface area (Å²) in [6, 6.07) is -0.626. The SMILES string of the molecule is CC/C=C/C/C=C/C/C=C/C/C=C/C/C=C/C/C=C/CCCCC(=O)OC(COCCC(C(=O)O)[N+](C)(C)C)COC(=O)CCCCCCCCCCCCCCCCCCCCC. The Bertz CT molecular complexity index is 1270. The lowest BCUT2D eigenvalue weighted by atomic mass is 10.0. The molecule has 0 aliphatic carbocycles. The third kappa shape index (κ3) is 44.0. The number of hydrogen-bond acceptors (Lipinski definition) is 6. The Morgan fingerprint density at radius 2 is 0.875 bits per heavy atom. The highest BCUT2D eigenvalue weighted by Gasteiger charge is 2.31. The third-order valence-corrected chi connectivity index (χ3v) is 11.4. The predicted octanol–water partition coefficient (Wildman–Crippen LogP) is 15.1. The number of likely N-dealkylation sites (N-methyl/N-ethyl adjacent to an activating group) is 1. The molecule has 64 heavy (non-hydrogen) atoms. The lowest BCUT2D eigenvalue weighted by Crippen LogP contribution is -2.50. The normalized spacial score (nSPS) is 13.5. The molecule has 0 bridgehead atoms. The van der Waals surface area contributed by atoms with Crippen molar-refractivity contribution in [1.29, 1.82) is 0 Å². The van der Waals surface area contributed by atoms with Gasteiger partial charge in [0.2, 0.25) is 0 Å². The molecule has 0 aromatic rings. The standard InChI is InChI=1S/C56H97NO7/c1-6-8-10-12-14-16-18-20-22-24-26-27-29-31-33-35-37-39-41-43-45-47-55(59)64-52(50-62-49-48-53(56(60)61)57(3,4)5)51-63-54(58)46-44-42-40-38-36-34-32-30-28-25-23-21-19-17-15-13-11-9-7-2/h8,10,14,16,20,22,26-27,31,33,37,39,52-53H,6-7,9,11-13,15,17-19,21,23-25,28-30,32,34-36,38,40-51H2,1-5H3/p+1/b10-8+,16-14+,22-20+,27-26+,33-31+,39-37+. The van der Waals surface area contributed by atoms with Gasteiger partial charge in [-0.25, -0.2) is 4.79 Å². The Kier molecular flexibility index (Phi) is 44.0. The highest BCUT2D eigenvalue weighted by atomic mass is 16.6. The number of nitrogens with zero attached hydrogens (tertiary/aromatic N) is 1. The molecule has 8 nitrogen and oxygen atoms in total. The molecule has 1 N–H and O–H groups in total. The lowest BCUT2D eigenvalue weighted by Gasteiger charge is -2.31. The Morgan fingerprint density at radius 1 is 0.484 bits per heavy atom. The number of carbonyl (C=O) groups excluding carboxylic acids is 2. The van der Waals surface area contributed by atoms with E-state index in [0.29, 0.717) is 19.3 Å². The van der Waals surface area contributed by atoms with Gasteiger partial charge < -0.3 is 23.8 Å². The third-order valence-electron chi connectivity index (χ3n) is 11.4. The molecule has 0 rings (SSSR count). The predicted molar refractivity (Wildman–Crippen MR) is 270 cm³/mol. The van der Waals surface area contributed by atoms with Crippen molar-refractivity contribution in [2.75, 3.05) is 41.0 Å². The van der Waals surface area contributed by atoms with E-state index < -0.39 is 18.1 Å². The van der Waals surface area contributed by atoms with Crippen LogP contribution >= 0.6 is 0 Å². The van der Waals surface area contributed by atoms with Gasteiger partial charge in [-0.3, -0.25) is 9.59 Å². The maximum atomic E-state index is 12.8. The molecule has 8 heteroatoms. The second-order valence-electron chi connectivity index (χ2n) is 18.4. The molecule has 0 radical (unpaired) electrons. The topological polar surface area (TPSA) is 99.1 Å². The van der Waals surface area contributed by atoms with Gasteiger partial charge in [0.15, 0.2) is 12.1 Å². The van der Waals surface area contributed by atoms with E-state index in [-0.39, 0.29) is 42.7 Å². The number of carboxylic acid groups (broad SMARTS) is 1. The molecule has 2 atom stereocenters. The molecule has 0 aromatic carbocycles. The van der Waals surface area contributed by atoms with Crippen LogP contribution in [0.1, 0.15) is 213 Å². The van der Waals surface area contributed by atoms with E-state index in [9.17, 15) is 19.5 Å². The number of allylic oxidation sites excluding steroid dienone is 12. The lowest BCUT2D eigenvalue weighted by molar-refractivity contribution is -0.887. The minimum atomic E-state index is -0.883. The Morgan fingerprint density at radius 3 is 1.30 bits per heavy atom. The minimum absolute atomic E-state index is 0.0420. The summed E-state index contributed by atoms with van der Waals surface area (Å²) in [6.07, 6.45) is 59.6. The Labute approximate surface area is 393 Å². The van der Waals surface area contributed by atoms with E-state index >= 15 is 0 Å². The summed E-state index contributed by atoms with van der Waals surface area (Å²) in [4.78, 5) is 37.2. The highest BCUT2D eigenvalue weighted by Crippen LogP contribution is 2.16. The maximum absolute atomic E-state index is 12.8. The van der Waals surface area contributed by atoms with Crippen LogP contribution in [0.2, 0.25) is 0 Å². The minimum Gasteiger partial charge on any atom is -0.477 e. The monoisotopic (exact) mass is 897 g/mol. The summed E-state index contributed by atoms with van der Waals surface area (Å²) in [5.41, 5.74) is 0. The number of unbranched alkanes of at least 4 members (excludes halogenated alkanes) is 20. The molecule has 0 saturated carbocycles. The van der Waals surface area contributed by atoms with Crippen molar-refractivity contribution in [3.63, 3.8) is 0 Å². The van der Waals surface area contributed by atoms with Crippen LogP contribution in [0.5, 0.6) is 0 Å². The van der Waals surface area contributed by atoms with Gasteiger partial charge in [0, 0.05) is 19.3 Å². The van der Waals surface area contributed by atoms with E-state index in [1.54, 1.807) is 0 Å². The molecule has 0 fully saturated rings. The van der Waals surface area contributed by atoms with Crippen LogP contribution < -0.4 is 0 Å². The number of carboxylic acids is 1. The maximum Gasteiger partial charge on any atom is 0.362 e. The zero-order valence-electron chi connectivity index (χ0n) is 42.0. The zero-order valence-corrected chi connectivity index (χ0v) is 42.0. The molecule has 0 saturated heterocycles. The van der Waals surface area contributed by atoms with Crippen molar-refractivity contribution < 1.29 is 38.2 Å². The van der Waals surface area contributed by atoms with Crippen LogP contribution in [0.15, 0.2) is 72.9 Å². The first kappa shape index (κ1) is 60.8. The van der Waals surface area contributed by atoms with Crippen LogP contribution in [0.3, 0.4) is 0 Å². The fourth-order valence-electron chi connectivity index (χ4n) is 7.39. The number of hydrogen-bond donors (Lipinski definition) is 1. The van der Waals surface area contributed by atoms with E-state index in [2.05, 4.69) is 86.8 Å². The molecule has 0 aliphatic rings. The van der Waals surface area contributed by atoms with Gasteiger partial charge in [-0.1, -0.05) is 202 Å². The Balaban J connectivity index is 4.33. The summed E-state index contributed by atoms with van der Waals surface area (Å²) in [5, 5.41) is 9.66. The molecule has 0 amide bonds. The molecule has 0 heterocycles. The van der Waals surface area contributed by atoms with Crippen molar-refractivity contribution in [2.24, 2.45) is 0 Å². The van der Waals surface area contributed by atoms with Crippen molar-refractivity contribution in [1.82, 2.24) is 0 Å². The number of rotatable bonds is 46. The summed E-state index contributed by atoms with van der Waals surface area (Å²) >= 11 is 0. The summed E-state index contributed by atoms with van der Waals surface area (Å²) in [5.74, 6) is -1.52. The number of aliphatic carboxylic acids is 1. The van der Waals surface area contributed by atoms with Gasteiger partial charge in [-0.2, -0.15) is 0 Å². The van der Waals surface area contributed by atoms with Crippen molar-refractivity contribution >= 4 is 17.9 Å². The smallest absolute Gasteiger partial charge is 0.362 e. The van der Waals surface area contributed by atoms with E-state index in [0.717, 1.165) is 70.6 Å². The van der Waals surface area contributed by atoms with E-state index in [1.807, 2.05) is 21.1 Å². The van der Waals surface area contributed by atoms with Crippen LogP contribution in [0.25, 0.3) is 0 Å². The van der Waals surface area contributed by atoms with Crippen LogP contribution in [0.4, 0.5) is 0 Å². The summed E-state index contributed by atoms with van der Waals surface area (Å²) in [6.45, 7) is 4.60. The van der Waals surface area contributed by atoms with Gasteiger partial charge in [-0.05, 0) is 64.2 Å². The van der Waals surface area contributed by atoms with Crippen LogP contribution in [-0.4, -0.2) is 80.6 Å². The molecular formula is C56H98NO7+. The first-order chi connectivity index (χ1) is 31.1. The van der Waals surface area contributed by atoms with E-state index in [4.69, 9.17) is 14.2 Å². The fraction of sp³-hybridized carbons (Fsp3) is 0.732. The second kappa shape index (κ2) is 46.3. The summed E-state index contributed by atoms with van der Waals surface area (Å²) < 4.78 is 17.3. The average Bonchev–Trinajstić information content (AvgIpc) is 3.26. The van der Waals surface area contributed by atoms with Gasteiger partial charge in [0.25, 0.3) is 0 Å². The molecule has 0 aliphatic heterocycles. The quantitative estimate of drug-likeness (QED) is 0.0281. The van der Waals surface area contributed by atoms with E-state index in [1.165, 1.54) is 103 Å². The number of carbonyl (C=O) groups is 3. The molecule has 0 aromatic heterocycles. The fourth-order valence-corrected chi connectivity index (χ4v) is 7.39. The second-order valence-corrected chi connectivity index (χ2v) is 18.4. The van der Waals surface area contributed by atoms with Crippen LogP contribution in [-0.2, 0) is 28.6 Å². The molecule has 2 unspecified atom stereocenters. The molecular weight excluding hydrogens is 799 g/mol. The van der Waals surface area contributed by atoms with Gasteiger partial charge in [0.05, 0.1) is 34.4 Å². The zero-order chi connectivity index (χ0) is 47.0. The van der Waals surface area contributed by atoms with Gasteiger partial charge in [0.1, 0.15) is 6.61 Å². The molecule has 368 valence electrons. The van der Waals surface area contributed by atoms with Crippen molar-refractivity contribution in [3.05, 3.63) is 72.9 Å². The number of quaternary nitrogens is 1. The molecule has 0 spiro atoms. The first-order valence-corrected chi connectivity index (χ1v) is 26.0. The van der Waals surface area contributed by atoms with Crippen molar-refractivity contribution in [3.8, 4) is 0 Å². The number of esters is 2. The Hall–Kier alpha value is -3.23.